The number of carbonyl (C=O) groups is 1. The topological polar surface area (TPSA) is 30.2 Å². The van der Waals surface area contributed by atoms with Gasteiger partial charge in [-0.3, -0.25) is 4.79 Å². The summed E-state index contributed by atoms with van der Waals surface area (Å²) < 4.78 is 7.77. The molecule has 0 aliphatic carbocycles. The number of carbonyl (C=O) groups excluding carboxylic acids is 1. The summed E-state index contributed by atoms with van der Waals surface area (Å²) in [6.07, 6.45) is 4.84. The zero-order valence-corrected chi connectivity index (χ0v) is 14.5. The van der Waals surface area contributed by atoms with Gasteiger partial charge in [0.1, 0.15) is 0 Å². The molecule has 1 aromatic rings. The van der Waals surface area contributed by atoms with Crippen molar-refractivity contribution in [3.8, 4) is 0 Å². The summed E-state index contributed by atoms with van der Waals surface area (Å²) in [6, 6.07) is 4.15. The second-order valence-electron chi connectivity index (χ2n) is 7.55. The molecule has 0 aliphatic rings. The Kier molecular flexibility index (Phi) is 5.94. The molecule has 0 fully saturated rings. The molecule has 0 spiro atoms. The summed E-state index contributed by atoms with van der Waals surface area (Å²) in [7, 11) is 0. The number of hydrogen-bond acceptors (Lipinski definition) is 2. The van der Waals surface area contributed by atoms with Gasteiger partial charge in [-0.2, -0.15) is 4.57 Å². The van der Waals surface area contributed by atoms with E-state index >= 15 is 0 Å². The first-order valence-corrected chi connectivity index (χ1v) is 7.82. The average Bonchev–Trinajstić information content (AvgIpc) is 2.33. The molecule has 0 aliphatic heterocycles. The van der Waals surface area contributed by atoms with Crippen LogP contribution in [0.4, 0.5) is 0 Å². The molecule has 21 heavy (non-hydrogen) atoms. The van der Waals surface area contributed by atoms with Gasteiger partial charge in [0.25, 0.3) is 0 Å². The summed E-state index contributed by atoms with van der Waals surface area (Å²) in [4.78, 5) is 12.2. The molecule has 0 saturated carbocycles. The SMILES string of the molecule is CC(C)Cc1ccc[n+](C(OC(=O)C(C)(C)C)C(C)C)c1. The van der Waals surface area contributed by atoms with Crippen LogP contribution in [0.15, 0.2) is 24.5 Å². The fourth-order valence-corrected chi connectivity index (χ4v) is 2.12. The molecular weight excluding hydrogens is 262 g/mol. The van der Waals surface area contributed by atoms with Crippen molar-refractivity contribution in [2.45, 2.75) is 61.1 Å². The maximum absolute atomic E-state index is 12.2. The largest absolute Gasteiger partial charge is 0.402 e. The zero-order chi connectivity index (χ0) is 16.2. The zero-order valence-electron chi connectivity index (χ0n) is 14.5. The number of hydrogen-bond donors (Lipinski definition) is 0. The first-order valence-electron chi connectivity index (χ1n) is 7.82. The highest BCUT2D eigenvalue weighted by molar-refractivity contribution is 5.75. The lowest BCUT2D eigenvalue weighted by Gasteiger charge is -2.22. The van der Waals surface area contributed by atoms with Crippen LogP contribution >= 0.6 is 0 Å². The van der Waals surface area contributed by atoms with Crippen molar-refractivity contribution in [1.82, 2.24) is 0 Å². The number of aromatic nitrogens is 1. The molecule has 0 saturated heterocycles. The van der Waals surface area contributed by atoms with E-state index < -0.39 is 5.41 Å². The number of rotatable bonds is 5. The summed E-state index contributed by atoms with van der Waals surface area (Å²) in [5.74, 6) is 0.661. The van der Waals surface area contributed by atoms with Gasteiger partial charge < -0.3 is 4.74 Å². The van der Waals surface area contributed by atoms with Crippen LogP contribution in [-0.2, 0) is 16.0 Å². The molecule has 1 atom stereocenters. The third-order valence-corrected chi connectivity index (χ3v) is 3.23. The lowest BCUT2D eigenvalue weighted by molar-refractivity contribution is -0.764. The second kappa shape index (κ2) is 7.06. The van der Waals surface area contributed by atoms with Crippen molar-refractivity contribution >= 4 is 5.97 Å². The maximum Gasteiger partial charge on any atom is 0.316 e. The highest BCUT2D eigenvalue weighted by Crippen LogP contribution is 2.21. The molecule has 0 N–H and O–H groups in total. The van der Waals surface area contributed by atoms with E-state index in [1.54, 1.807) is 0 Å². The molecule has 1 heterocycles. The molecule has 118 valence electrons. The van der Waals surface area contributed by atoms with E-state index in [-0.39, 0.29) is 18.1 Å². The minimum absolute atomic E-state index is 0.164. The predicted octanol–water partition coefficient (Wildman–Crippen LogP) is 3.92. The van der Waals surface area contributed by atoms with Gasteiger partial charge in [-0.15, -0.1) is 0 Å². The Hall–Kier alpha value is -1.38. The van der Waals surface area contributed by atoms with Gasteiger partial charge in [-0.25, -0.2) is 0 Å². The summed E-state index contributed by atoms with van der Waals surface area (Å²) in [6.45, 7) is 14.2. The Morgan fingerprint density at radius 3 is 2.33 bits per heavy atom. The predicted molar refractivity (Wildman–Crippen MR) is 84.6 cm³/mol. The first-order chi connectivity index (χ1) is 9.61. The van der Waals surface area contributed by atoms with Crippen LogP contribution in [0.1, 0.15) is 60.3 Å². The molecule has 0 aromatic carbocycles. The summed E-state index contributed by atoms with van der Waals surface area (Å²) >= 11 is 0. The van der Waals surface area contributed by atoms with E-state index in [1.165, 1.54) is 5.56 Å². The van der Waals surface area contributed by atoms with Crippen molar-refractivity contribution in [1.29, 1.82) is 0 Å². The molecular formula is C18H30NO2+. The van der Waals surface area contributed by atoms with Crippen LogP contribution < -0.4 is 4.57 Å². The lowest BCUT2D eigenvalue weighted by Crippen LogP contribution is -2.46. The van der Waals surface area contributed by atoms with Gasteiger partial charge in [0.2, 0.25) is 0 Å². The van der Waals surface area contributed by atoms with Crippen LogP contribution in [0.25, 0.3) is 0 Å². The van der Waals surface area contributed by atoms with Crippen LogP contribution in [0.3, 0.4) is 0 Å². The van der Waals surface area contributed by atoms with Crippen LogP contribution in [-0.4, -0.2) is 5.97 Å². The molecule has 1 aromatic heterocycles. The van der Waals surface area contributed by atoms with E-state index in [0.717, 1.165) is 6.42 Å². The smallest absolute Gasteiger partial charge is 0.316 e. The average molecular weight is 292 g/mol. The molecule has 1 rings (SSSR count). The highest BCUT2D eigenvalue weighted by atomic mass is 16.6. The van der Waals surface area contributed by atoms with Gasteiger partial charge in [-0.05, 0) is 39.2 Å². The normalized spacial score (nSPS) is 13.6. The number of pyridine rings is 1. The van der Waals surface area contributed by atoms with Crippen molar-refractivity contribution in [3.63, 3.8) is 0 Å². The number of ether oxygens (including phenoxy) is 1. The Balaban J connectivity index is 2.98. The van der Waals surface area contributed by atoms with E-state index in [2.05, 4.69) is 40.0 Å². The minimum atomic E-state index is -0.483. The van der Waals surface area contributed by atoms with Crippen molar-refractivity contribution in [3.05, 3.63) is 30.1 Å². The second-order valence-corrected chi connectivity index (χ2v) is 7.55. The quantitative estimate of drug-likeness (QED) is 0.608. The molecule has 0 bridgehead atoms. The Morgan fingerprint density at radius 2 is 1.86 bits per heavy atom. The van der Waals surface area contributed by atoms with Crippen LogP contribution in [0.5, 0.6) is 0 Å². The van der Waals surface area contributed by atoms with Gasteiger partial charge >= 0.3 is 12.2 Å². The summed E-state index contributed by atoms with van der Waals surface area (Å²) in [5.41, 5.74) is 0.786. The van der Waals surface area contributed by atoms with E-state index in [9.17, 15) is 4.79 Å². The fourth-order valence-electron chi connectivity index (χ4n) is 2.12. The van der Waals surface area contributed by atoms with E-state index in [4.69, 9.17) is 4.74 Å². The Bertz CT molecular complexity index is 472. The Morgan fingerprint density at radius 1 is 1.24 bits per heavy atom. The number of esters is 1. The molecule has 3 heteroatoms. The Labute approximate surface area is 129 Å². The lowest BCUT2D eigenvalue weighted by atomic mass is 9.97. The minimum Gasteiger partial charge on any atom is -0.402 e. The third kappa shape index (κ3) is 5.49. The standard InChI is InChI=1S/C18H30NO2/c1-13(2)11-15-9-8-10-19(12-15)16(14(3)4)21-17(20)18(5,6)7/h8-10,12-14,16H,11H2,1-7H3/q+1. The van der Waals surface area contributed by atoms with Gasteiger partial charge in [-0.1, -0.05) is 27.7 Å². The van der Waals surface area contributed by atoms with E-state index in [1.807, 2.05) is 37.6 Å². The molecule has 1 unspecified atom stereocenters. The molecule has 0 radical (unpaired) electrons. The fraction of sp³-hybridized carbons (Fsp3) is 0.667. The third-order valence-electron chi connectivity index (χ3n) is 3.23. The van der Waals surface area contributed by atoms with E-state index in [0.29, 0.717) is 5.92 Å². The molecule has 0 amide bonds. The summed E-state index contributed by atoms with van der Waals surface area (Å²) in [5, 5.41) is 0. The maximum atomic E-state index is 12.2. The first kappa shape index (κ1) is 17.7. The van der Waals surface area contributed by atoms with Gasteiger partial charge in [0, 0.05) is 11.6 Å². The monoisotopic (exact) mass is 292 g/mol. The number of nitrogens with zero attached hydrogens (tertiary/aromatic N) is 1. The van der Waals surface area contributed by atoms with Gasteiger partial charge in [0.15, 0.2) is 12.4 Å². The van der Waals surface area contributed by atoms with Crippen molar-refractivity contribution in [2.75, 3.05) is 0 Å². The van der Waals surface area contributed by atoms with Crippen molar-refractivity contribution < 1.29 is 14.1 Å². The van der Waals surface area contributed by atoms with Crippen LogP contribution in [0.2, 0.25) is 0 Å². The van der Waals surface area contributed by atoms with Crippen LogP contribution in [0, 0.1) is 17.3 Å². The van der Waals surface area contributed by atoms with Crippen molar-refractivity contribution in [2.24, 2.45) is 17.3 Å². The van der Waals surface area contributed by atoms with Gasteiger partial charge in [0.05, 0.1) is 11.3 Å². The highest BCUT2D eigenvalue weighted by Gasteiger charge is 2.32. The molecule has 3 nitrogen and oxygen atoms in total.